The molecular formula is C7H14N2O2. The molecule has 64 valence electrons. The van der Waals surface area contributed by atoms with Gasteiger partial charge in [-0.2, -0.15) is 0 Å². The first-order valence-corrected chi connectivity index (χ1v) is 3.38. The van der Waals surface area contributed by atoms with Crippen LogP contribution in [0.15, 0.2) is 12.2 Å². The van der Waals surface area contributed by atoms with E-state index < -0.39 is 11.5 Å². The lowest BCUT2D eigenvalue weighted by Crippen LogP contribution is -2.44. The number of carboxylic acids is 1. The molecule has 0 heterocycles. The van der Waals surface area contributed by atoms with Gasteiger partial charge in [0.25, 0.3) is 0 Å². The molecule has 0 aliphatic carbocycles. The second kappa shape index (κ2) is 4.10. The largest absolute Gasteiger partial charge is 0.480 e. The minimum absolute atomic E-state index is 0.305. The van der Waals surface area contributed by atoms with Crippen LogP contribution in [-0.2, 0) is 4.79 Å². The molecule has 11 heavy (non-hydrogen) atoms. The molecule has 0 aliphatic heterocycles. The summed E-state index contributed by atoms with van der Waals surface area (Å²) in [6.07, 6.45) is 3.67. The standard InChI is InChI=1S/C7H14N2O2/c1-7(9,6(10)11)4-2-3-5-8/h2-3H,4-5,8-9H2,1H3,(H,10,11)/b3-2+. The van der Waals surface area contributed by atoms with E-state index in [1.54, 1.807) is 12.2 Å². The van der Waals surface area contributed by atoms with E-state index in [1.807, 2.05) is 0 Å². The predicted octanol–water partition coefficient (Wildman–Crippen LogP) is -0.307. The Balaban J connectivity index is 3.92. The maximum absolute atomic E-state index is 10.4. The average molecular weight is 158 g/mol. The van der Waals surface area contributed by atoms with Crippen molar-refractivity contribution in [1.29, 1.82) is 0 Å². The first-order valence-electron chi connectivity index (χ1n) is 3.38. The molecule has 0 saturated carbocycles. The summed E-state index contributed by atoms with van der Waals surface area (Å²) in [5, 5.41) is 8.55. The minimum atomic E-state index is -1.17. The summed E-state index contributed by atoms with van der Waals surface area (Å²) in [6, 6.07) is 0. The van der Waals surface area contributed by atoms with Crippen LogP contribution >= 0.6 is 0 Å². The van der Waals surface area contributed by atoms with Crippen molar-refractivity contribution < 1.29 is 9.90 Å². The van der Waals surface area contributed by atoms with Gasteiger partial charge in [0, 0.05) is 6.54 Å². The van der Waals surface area contributed by atoms with Crippen LogP contribution in [-0.4, -0.2) is 23.2 Å². The van der Waals surface area contributed by atoms with E-state index in [0.29, 0.717) is 13.0 Å². The number of rotatable bonds is 4. The topological polar surface area (TPSA) is 89.3 Å². The maximum atomic E-state index is 10.4. The second-order valence-electron chi connectivity index (χ2n) is 2.63. The summed E-state index contributed by atoms with van der Waals surface area (Å²) in [7, 11) is 0. The minimum Gasteiger partial charge on any atom is -0.480 e. The molecule has 0 fully saturated rings. The van der Waals surface area contributed by atoms with Crippen LogP contribution < -0.4 is 11.5 Å². The van der Waals surface area contributed by atoms with Crippen molar-refractivity contribution in [1.82, 2.24) is 0 Å². The zero-order valence-corrected chi connectivity index (χ0v) is 6.58. The van der Waals surface area contributed by atoms with Crippen LogP contribution in [0, 0.1) is 0 Å². The van der Waals surface area contributed by atoms with E-state index in [4.69, 9.17) is 16.6 Å². The van der Waals surface area contributed by atoms with Gasteiger partial charge in [-0.05, 0) is 13.3 Å². The number of nitrogens with two attached hydrogens (primary N) is 2. The Bertz CT molecular complexity index is 164. The molecule has 1 atom stereocenters. The van der Waals surface area contributed by atoms with Crippen LogP contribution in [0.5, 0.6) is 0 Å². The van der Waals surface area contributed by atoms with Crippen LogP contribution in [0.2, 0.25) is 0 Å². The third-order valence-corrected chi connectivity index (χ3v) is 1.33. The molecule has 0 radical (unpaired) electrons. The van der Waals surface area contributed by atoms with Gasteiger partial charge in [0.15, 0.2) is 0 Å². The molecule has 0 rings (SSSR count). The molecule has 0 aromatic carbocycles. The van der Waals surface area contributed by atoms with Gasteiger partial charge in [-0.1, -0.05) is 12.2 Å². The van der Waals surface area contributed by atoms with Crippen molar-refractivity contribution in [3.63, 3.8) is 0 Å². The van der Waals surface area contributed by atoms with E-state index in [2.05, 4.69) is 0 Å². The third kappa shape index (κ3) is 3.75. The Hall–Kier alpha value is -0.870. The summed E-state index contributed by atoms with van der Waals surface area (Å²) in [5.41, 5.74) is 9.39. The second-order valence-corrected chi connectivity index (χ2v) is 2.63. The highest BCUT2D eigenvalue weighted by Crippen LogP contribution is 2.05. The maximum Gasteiger partial charge on any atom is 0.323 e. The highest BCUT2D eigenvalue weighted by molar-refractivity contribution is 5.78. The Kier molecular flexibility index (Phi) is 3.78. The molecular weight excluding hydrogens is 144 g/mol. The lowest BCUT2D eigenvalue weighted by Gasteiger charge is -2.15. The molecule has 1 unspecified atom stereocenters. The molecule has 0 aliphatic rings. The van der Waals surface area contributed by atoms with Crippen molar-refractivity contribution in [2.24, 2.45) is 11.5 Å². The fourth-order valence-electron chi connectivity index (χ4n) is 0.512. The number of hydrogen-bond donors (Lipinski definition) is 3. The van der Waals surface area contributed by atoms with E-state index >= 15 is 0 Å². The molecule has 4 heteroatoms. The highest BCUT2D eigenvalue weighted by Gasteiger charge is 2.25. The lowest BCUT2D eigenvalue weighted by atomic mass is 10.00. The lowest BCUT2D eigenvalue weighted by molar-refractivity contribution is -0.142. The van der Waals surface area contributed by atoms with E-state index in [0.717, 1.165) is 0 Å². The van der Waals surface area contributed by atoms with Gasteiger partial charge in [-0.15, -0.1) is 0 Å². The summed E-state index contributed by atoms with van der Waals surface area (Å²) in [4.78, 5) is 10.4. The van der Waals surface area contributed by atoms with E-state index in [1.165, 1.54) is 6.92 Å². The van der Waals surface area contributed by atoms with Crippen LogP contribution in [0.1, 0.15) is 13.3 Å². The average Bonchev–Trinajstić information content (AvgIpc) is 1.88. The first-order chi connectivity index (χ1) is 5.00. The number of hydrogen-bond acceptors (Lipinski definition) is 3. The molecule has 0 aromatic rings. The summed E-state index contributed by atoms with van der Waals surface area (Å²) in [5.74, 6) is -1.00. The molecule has 0 aromatic heterocycles. The molecule has 5 N–H and O–H groups in total. The highest BCUT2D eigenvalue weighted by atomic mass is 16.4. The van der Waals surface area contributed by atoms with Crippen molar-refractivity contribution in [2.45, 2.75) is 18.9 Å². The SMILES string of the molecule is CC(N)(C/C=C/CN)C(=O)O. The van der Waals surface area contributed by atoms with Crippen LogP contribution in [0.4, 0.5) is 0 Å². The Morgan fingerprint density at radius 2 is 2.18 bits per heavy atom. The first kappa shape index (κ1) is 10.1. The molecule has 0 amide bonds. The number of aliphatic carboxylic acids is 1. The number of carboxylic acid groups (broad SMARTS) is 1. The van der Waals surface area contributed by atoms with Crippen molar-refractivity contribution in [2.75, 3.05) is 6.54 Å². The van der Waals surface area contributed by atoms with Gasteiger partial charge in [-0.3, -0.25) is 4.79 Å². The molecule has 0 spiro atoms. The number of carbonyl (C=O) groups is 1. The third-order valence-electron chi connectivity index (χ3n) is 1.33. The molecule has 4 nitrogen and oxygen atoms in total. The summed E-state index contributed by atoms with van der Waals surface area (Å²) >= 11 is 0. The predicted molar refractivity (Wildman–Crippen MR) is 43.0 cm³/mol. The van der Waals surface area contributed by atoms with Gasteiger partial charge >= 0.3 is 5.97 Å². The van der Waals surface area contributed by atoms with Crippen LogP contribution in [0.25, 0.3) is 0 Å². The van der Waals surface area contributed by atoms with Gasteiger partial charge in [0.05, 0.1) is 0 Å². The monoisotopic (exact) mass is 158 g/mol. The van der Waals surface area contributed by atoms with Gasteiger partial charge in [0.2, 0.25) is 0 Å². The molecule has 0 saturated heterocycles. The van der Waals surface area contributed by atoms with Crippen molar-refractivity contribution in [3.05, 3.63) is 12.2 Å². The van der Waals surface area contributed by atoms with Gasteiger partial charge < -0.3 is 16.6 Å². The summed E-state index contributed by atoms with van der Waals surface area (Å²) < 4.78 is 0. The zero-order chi connectivity index (χ0) is 8.91. The van der Waals surface area contributed by atoms with Crippen molar-refractivity contribution in [3.8, 4) is 0 Å². The molecule has 0 bridgehead atoms. The Morgan fingerprint density at radius 1 is 1.64 bits per heavy atom. The quantitative estimate of drug-likeness (QED) is 0.490. The Labute approximate surface area is 65.9 Å². The van der Waals surface area contributed by atoms with Gasteiger partial charge in [0.1, 0.15) is 5.54 Å². The van der Waals surface area contributed by atoms with Crippen LogP contribution in [0.3, 0.4) is 0 Å². The zero-order valence-electron chi connectivity index (χ0n) is 6.58. The smallest absolute Gasteiger partial charge is 0.323 e. The van der Waals surface area contributed by atoms with Crippen molar-refractivity contribution >= 4 is 5.97 Å². The Morgan fingerprint density at radius 3 is 2.55 bits per heavy atom. The normalized spacial score (nSPS) is 16.6. The fraction of sp³-hybridized carbons (Fsp3) is 0.571. The summed E-state index contributed by atoms with van der Waals surface area (Å²) in [6.45, 7) is 1.88. The van der Waals surface area contributed by atoms with E-state index in [-0.39, 0.29) is 0 Å². The van der Waals surface area contributed by atoms with Gasteiger partial charge in [-0.25, -0.2) is 0 Å². The van der Waals surface area contributed by atoms with E-state index in [9.17, 15) is 4.79 Å². The fourth-order valence-corrected chi connectivity index (χ4v) is 0.512.